The zero-order valence-corrected chi connectivity index (χ0v) is 16.1. The van der Waals surface area contributed by atoms with Gasteiger partial charge in [0.15, 0.2) is 0 Å². The summed E-state index contributed by atoms with van der Waals surface area (Å²) in [5.41, 5.74) is 2.72. The minimum absolute atomic E-state index is 0.133. The first-order valence-corrected chi connectivity index (χ1v) is 9.78. The molecule has 0 bridgehead atoms. The highest BCUT2D eigenvalue weighted by Crippen LogP contribution is 2.28. The van der Waals surface area contributed by atoms with Gasteiger partial charge in [0, 0.05) is 44.7 Å². The normalized spacial score (nSPS) is 25.2. The van der Waals surface area contributed by atoms with E-state index in [4.69, 9.17) is 4.74 Å². The van der Waals surface area contributed by atoms with E-state index in [1.54, 1.807) is 4.90 Å². The number of nitrogens with one attached hydrogen (secondary N) is 2. The van der Waals surface area contributed by atoms with Crippen LogP contribution in [0.2, 0.25) is 0 Å². The predicted octanol–water partition coefficient (Wildman–Crippen LogP) is -0.132. The Hall–Kier alpha value is -2.29. The van der Waals surface area contributed by atoms with Gasteiger partial charge in [-0.1, -0.05) is 12.1 Å². The van der Waals surface area contributed by atoms with E-state index in [0.717, 1.165) is 43.9 Å². The van der Waals surface area contributed by atoms with Crippen molar-refractivity contribution in [1.29, 1.82) is 0 Å². The molecule has 3 aliphatic heterocycles. The lowest BCUT2D eigenvalue weighted by atomic mass is 10.0. The quantitative estimate of drug-likeness (QED) is 0.685. The molecule has 3 amide bonds. The van der Waals surface area contributed by atoms with Gasteiger partial charge in [-0.2, -0.15) is 0 Å². The van der Waals surface area contributed by atoms with Gasteiger partial charge >= 0.3 is 0 Å². The Morgan fingerprint density at radius 2 is 2.14 bits per heavy atom. The second-order valence-electron chi connectivity index (χ2n) is 7.79. The van der Waals surface area contributed by atoms with Gasteiger partial charge in [0.2, 0.25) is 11.8 Å². The van der Waals surface area contributed by atoms with Crippen LogP contribution in [0.3, 0.4) is 0 Å². The third-order valence-electron chi connectivity index (χ3n) is 5.56. The molecule has 0 aliphatic carbocycles. The number of likely N-dealkylation sites (N-methyl/N-ethyl adjacent to an activating group) is 1. The molecule has 2 atom stereocenters. The molecule has 2 saturated heterocycles. The molecule has 0 spiro atoms. The smallest absolute Gasteiger partial charge is 0.255 e. The van der Waals surface area contributed by atoms with Gasteiger partial charge in [-0.3, -0.25) is 24.6 Å². The highest BCUT2D eigenvalue weighted by molar-refractivity contribution is 6.05. The first-order chi connectivity index (χ1) is 13.5. The van der Waals surface area contributed by atoms with Crippen LogP contribution in [0.25, 0.3) is 0 Å². The number of imide groups is 1. The van der Waals surface area contributed by atoms with Crippen LogP contribution in [0.15, 0.2) is 18.2 Å². The molecule has 8 heteroatoms. The molecule has 1 aromatic rings. The number of ether oxygens (including phenoxy) is 1. The largest absolute Gasteiger partial charge is 0.374 e. The molecule has 150 valence electrons. The van der Waals surface area contributed by atoms with Gasteiger partial charge in [-0.25, -0.2) is 0 Å². The van der Waals surface area contributed by atoms with Crippen molar-refractivity contribution in [2.24, 2.45) is 0 Å². The van der Waals surface area contributed by atoms with Crippen LogP contribution < -0.4 is 10.6 Å². The van der Waals surface area contributed by atoms with Crippen molar-refractivity contribution in [2.75, 3.05) is 33.3 Å². The molecule has 4 rings (SSSR count). The molecular formula is C20H26N4O4. The van der Waals surface area contributed by atoms with Crippen molar-refractivity contribution in [2.45, 2.75) is 38.1 Å². The first kappa shape index (κ1) is 19.0. The summed E-state index contributed by atoms with van der Waals surface area (Å²) in [4.78, 5) is 40.1. The summed E-state index contributed by atoms with van der Waals surface area (Å²) in [6.07, 6.45) is 0.845. The van der Waals surface area contributed by atoms with Crippen LogP contribution in [0.5, 0.6) is 0 Å². The Bertz CT molecular complexity index is 790. The fourth-order valence-electron chi connectivity index (χ4n) is 4.19. The molecule has 0 saturated carbocycles. The second-order valence-corrected chi connectivity index (χ2v) is 7.79. The minimum Gasteiger partial charge on any atom is -0.374 e. The summed E-state index contributed by atoms with van der Waals surface area (Å²) in [5.74, 6) is -0.780. The molecular weight excluding hydrogens is 360 g/mol. The number of nitrogens with zero attached hydrogens (tertiary/aromatic N) is 2. The molecule has 3 aliphatic rings. The predicted molar refractivity (Wildman–Crippen MR) is 101 cm³/mol. The van der Waals surface area contributed by atoms with Crippen LogP contribution in [0.1, 0.15) is 34.3 Å². The highest BCUT2D eigenvalue weighted by atomic mass is 16.5. The number of rotatable bonds is 5. The van der Waals surface area contributed by atoms with Crippen LogP contribution in [-0.4, -0.2) is 73.0 Å². The lowest BCUT2D eigenvalue weighted by molar-refractivity contribution is -0.136. The summed E-state index contributed by atoms with van der Waals surface area (Å²) in [6, 6.07) is 5.31. The highest BCUT2D eigenvalue weighted by Gasteiger charge is 2.39. The van der Waals surface area contributed by atoms with E-state index >= 15 is 0 Å². The van der Waals surface area contributed by atoms with Crippen molar-refractivity contribution < 1.29 is 19.1 Å². The van der Waals surface area contributed by atoms with Crippen molar-refractivity contribution in [3.63, 3.8) is 0 Å². The van der Waals surface area contributed by atoms with Crippen LogP contribution in [-0.2, 0) is 27.4 Å². The van der Waals surface area contributed by atoms with E-state index in [-0.39, 0.29) is 30.2 Å². The van der Waals surface area contributed by atoms with E-state index in [1.807, 2.05) is 12.1 Å². The van der Waals surface area contributed by atoms with Crippen molar-refractivity contribution in [3.8, 4) is 0 Å². The van der Waals surface area contributed by atoms with Crippen molar-refractivity contribution in [1.82, 2.24) is 20.4 Å². The molecule has 2 unspecified atom stereocenters. The summed E-state index contributed by atoms with van der Waals surface area (Å²) >= 11 is 0. The molecule has 0 radical (unpaired) electrons. The van der Waals surface area contributed by atoms with Crippen LogP contribution >= 0.6 is 0 Å². The standard InChI is InChI=1S/C20H26N4O4/c1-23(12-15-9-21-6-7-28-15)10-13-2-3-16-14(8-13)11-24(20(16)27)17-4-5-18(25)22-19(17)26/h2-3,8,15,17,21H,4-7,9-12H2,1H3,(H,22,25,26). The van der Waals surface area contributed by atoms with E-state index in [1.165, 1.54) is 0 Å². The summed E-state index contributed by atoms with van der Waals surface area (Å²) in [5, 5.41) is 5.67. The lowest BCUT2D eigenvalue weighted by Crippen LogP contribution is -2.52. The molecule has 1 aromatic carbocycles. The van der Waals surface area contributed by atoms with Gasteiger partial charge in [-0.05, 0) is 30.7 Å². The van der Waals surface area contributed by atoms with Crippen molar-refractivity contribution in [3.05, 3.63) is 34.9 Å². The van der Waals surface area contributed by atoms with Gasteiger partial charge in [0.05, 0.1) is 12.7 Å². The van der Waals surface area contributed by atoms with Crippen molar-refractivity contribution >= 4 is 17.7 Å². The number of morpholine rings is 1. The van der Waals surface area contributed by atoms with Crippen LogP contribution in [0, 0.1) is 0 Å². The summed E-state index contributed by atoms with van der Waals surface area (Å²) < 4.78 is 5.76. The number of benzene rings is 1. The SMILES string of the molecule is CN(Cc1ccc2c(c1)CN(C1CCC(=O)NC1=O)C2=O)CC1CNCCO1. The Kier molecular flexibility index (Phi) is 5.43. The monoisotopic (exact) mass is 386 g/mol. The maximum absolute atomic E-state index is 12.7. The Morgan fingerprint density at radius 3 is 2.89 bits per heavy atom. The zero-order chi connectivity index (χ0) is 19.7. The van der Waals surface area contributed by atoms with E-state index in [0.29, 0.717) is 18.5 Å². The fraction of sp³-hybridized carbons (Fsp3) is 0.550. The molecule has 2 fully saturated rings. The molecule has 0 aromatic heterocycles. The number of carbonyl (C=O) groups is 3. The molecule has 28 heavy (non-hydrogen) atoms. The van der Waals surface area contributed by atoms with Gasteiger partial charge in [-0.15, -0.1) is 0 Å². The van der Waals surface area contributed by atoms with E-state index in [9.17, 15) is 14.4 Å². The number of carbonyl (C=O) groups excluding carboxylic acids is 3. The minimum atomic E-state index is -0.570. The number of hydrogen-bond donors (Lipinski definition) is 2. The maximum atomic E-state index is 12.7. The Balaban J connectivity index is 1.40. The number of fused-ring (bicyclic) bond motifs is 1. The number of hydrogen-bond acceptors (Lipinski definition) is 6. The van der Waals surface area contributed by atoms with Gasteiger partial charge in [0.25, 0.3) is 5.91 Å². The third kappa shape index (κ3) is 3.94. The molecule has 3 heterocycles. The first-order valence-electron chi connectivity index (χ1n) is 9.78. The average Bonchev–Trinajstić information content (AvgIpc) is 2.98. The number of amides is 3. The Morgan fingerprint density at radius 1 is 1.29 bits per heavy atom. The summed E-state index contributed by atoms with van der Waals surface area (Å²) in [6.45, 7) is 4.53. The van der Waals surface area contributed by atoms with Crippen LogP contribution in [0.4, 0.5) is 0 Å². The zero-order valence-electron chi connectivity index (χ0n) is 16.1. The van der Waals surface area contributed by atoms with Gasteiger partial charge in [0.1, 0.15) is 6.04 Å². The molecule has 8 nitrogen and oxygen atoms in total. The topological polar surface area (TPSA) is 91.0 Å². The fourth-order valence-corrected chi connectivity index (χ4v) is 4.19. The van der Waals surface area contributed by atoms with Gasteiger partial charge < -0.3 is 15.0 Å². The Labute approximate surface area is 164 Å². The maximum Gasteiger partial charge on any atom is 0.255 e. The van der Waals surface area contributed by atoms with E-state index < -0.39 is 6.04 Å². The average molecular weight is 386 g/mol. The second kappa shape index (κ2) is 7.98. The third-order valence-corrected chi connectivity index (χ3v) is 5.56. The summed E-state index contributed by atoms with van der Waals surface area (Å²) in [7, 11) is 2.06. The molecule has 2 N–H and O–H groups in total. The number of piperidine rings is 1. The lowest BCUT2D eigenvalue weighted by Gasteiger charge is -2.29. The van der Waals surface area contributed by atoms with E-state index in [2.05, 4.69) is 28.6 Å².